The molecule has 1 nitrogen and oxygen atoms in total. The number of hydrogen-bond acceptors (Lipinski definition) is 1. The maximum atomic E-state index is 11.5. The number of carbonyl (C=O) groups is 1. The van der Waals surface area contributed by atoms with E-state index >= 15 is 0 Å². The molecular formula is C13H20O. The zero-order chi connectivity index (χ0) is 10.3. The van der Waals surface area contributed by atoms with Crippen LogP contribution < -0.4 is 0 Å². The van der Waals surface area contributed by atoms with Crippen molar-refractivity contribution in [3.05, 3.63) is 12.2 Å². The molecule has 1 heteroatoms. The van der Waals surface area contributed by atoms with Gasteiger partial charge in [0.2, 0.25) is 0 Å². The summed E-state index contributed by atoms with van der Waals surface area (Å²) in [6.07, 6.45) is 5.03. The Morgan fingerprint density at radius 3 is 2.79 bits per heavy atom. The van der Waals surface area contributed by atoms with Gasteiger partial charge in [-0.25, -0.2) is 0 Å². The van der Waals surface area contributed by atoms with Crippen LogP contribution in [0.3, 0.4) is 0 Å². The first-order valence-corrected chi connectivity index (χ1v) is 5.71. The number of rotatable bonds is 0. The van der Waals surface area contributed by atoms with E-state index in [-0.39, 0.29) is 0 Å². The van der Waals surface area contributed by atoms with Gasteiger partial charge in [-0.15, -0.1) is 0 Å². The molecule has 0 aliphatic heterocycles. The Bertz CT molecular complexity index is 275. The highest BCUT2D eigenvalue weighted by Crippen LogP contribution is 2.50. The quantitative estimate of drug-likeness (QED) is 0.538. The van der Waals surface area contributed by atoms with Gasteiger partial charge in [-0.2, -0.15) is 0 Å². The van der Waals surface area contributed by atoms with Gasteiger partial charge >= 0.3 is 0 Å². The molecule has 2 bridgehead atoms. The molecule has 0 aromatic heterocycles. The van der Waals surface area contributed by atoms with E-state index in [1.165, 1.54) is 18.4 Å². The molecule has 0 aromatic rings. The first kappa shape index (κ1) is 9.95. The molecular weight excluding hydrogens is 172 g/mol. The van der Waals surface area contributed by atoms with Crippen LogP contribution in [-0.2, 0) is 4.79 Å². The summed E-state index contributed by atoms with van der Waals surface area (Å²) in [6.45, 7) is 8.89. The van der Waals surface area contributed by atoms with Crippen LogP contribution in [0, 0.1) is 17.3 Å². The van der Waals surface area contributed by atoms with Crippen LogP contribution in [0.25, 0.3) is 0 Å². The third-order valence-corrected chi connectivity index (χ3v) is 4.24. The molecule has 2 aliphatic rings. The van der Waals surface area contributed by atoms with Crippen molar-refractivity contribution >= 4 is 5.78 Å². The minimum Gasteiger partial charge on any atom is -0.300 e. The zero-order valence-electron chi connectivity index (χ0n) is 9.31. The lowest BCUT2D eigenvalue weighted by molar-refractivity contribution is -0.119. The number of Topliss-reactive ketones (excluding diaryl/α,β-unsaturated/α-hetero) is 1. The van der Waals surface area contributed by atoms with Gasteiger partial charge in [0.25, 0.3) is 0 Å². The highest BCUT2D eigenvalue weighted by atomic mass is 16.1. The fourth-order valence-electron chi connectivity index (χ4n) is 3.18. The van der Waals surface area contributed by atoms with Gasteiger partial charge in [0.1, 0.15) is 5.78 Å². The fourth-order valence-corrected chi connectivity index (χ4v) is 3.18. The normalized spacial score (nSPS) is 36.7. The Balaban J connectivity index is 2.28. The summed E-state index contributed by atoms with van der Waals surface area (Å²) in [5.41, 5.74) is 1.74. The molecule has 2 fully saturated rings. The van der Waals surface area contributed by atoms with Gasteiger partial charge in [-0.1, -0.05) is 26.0 Å². The first-order chi connectivity index (χ1) is 6.50. The Morgan fingerprint density at radius 2 is 2.07 bits per heavy atom. The molecule has 0 aromatic carbocycles. The van der Waals surface area contributed by atoms with E-state index < -0.39 is 0 Å². The fraction of sp³-hybridized carbons (Fsp3) is 0.769. The van der Waals surface area contributed by atoms with Gasteiger partial charge in [-0.3, -0.25) is 4.79 Å². The second-order valence-corrected chi connectivity index (χ2v) is 5.63. The summed E-state index contributed by atoms with van der Waals surface area (Å²) in [5.74, 6) is 1.55. The number of ketones is 1. The highest BCUT2D eigenvalue weighted by molar-refractivity contribution is 5.79. The predicted octanol–water partition coefficient (Wildman–Crippen LogP) is 3.35. The van der Waals surface area contributed by atoms with Crippen LogP contribution in [0.2, 0.25) is 0 Å². The third kappa shape index (κ3) is 1.53. The average molecular weight is 192 g/mol. The minimum atomic E-state index is 0.373. The topological polar surface area (TPSA) is 17.1 Å². The smallest absolute Gasteiger partial charge is 0.133 e. The second kappa shape index (κ2) is 3.22. The lowest BCUT2D eigenvalue weighted by atomic mass is 9.62. The summed E-state index contributed by atoms with van der Waals surface area (Å²) in [4.78, 5) is 11.5. The van der Waals surface area contributed by atoms with Crippen LogP contribution >= 0.6 is 0 Å². The molecule has 0 spiro atoms. The first-order valence-electron chi connectivity index (χ1n) is 5.71. The number of allylic oxidation sites excluding steroid dienone is 1. The van der Waals surface area contributed by atoms with Gasteiger partial charge < -0.3 is 0 Å². The van der Waals surface area contributed by atoms with Crippen molar-refractivity contribution in [1.82, 2.24) is 0 Å². The van der Waals surface area contributed by atoms with E-state index in [1.54, 1.807) is 0 Å². The van der Waals surface area contributed by atoms with Gasteiger partial charge in [0.05, 0.1) is 0 Å². The Labute approximate surface area is 86.6 Å². The number of fused-ring (bicyclic) bond motifs is 2. The molecule has 0 N–H and O–H groups in total. The largest absolute Gasteiger partial charge is 0.300 e. The van der Waals surface area contributed by atoms with E-state index in [9.17, 15) is 4.79 Å². The Kier molecular flexibility index (Phi) is 2.29. The second-order valence-electron chi connectivity index (χ2n) is 5.63. The maximum Gasteiger partial charge on any atom is 0.133 e. The molecule has 2 aliphatic carbocycles. The van der Waals surface area contributed by atoms with Crippen LogP contribution in [0.5, 0.6) is 0 Å². The highest BCUT2D eigenvalue weighted by Gasteiger charge is 2.41. The van der Waals surface area contributed by atoms with Crippen LogP contribution in [0.4, 0.5) is 0 Å². The molecule has 2 saturated carbocycles. The molecule has 0 heterocycles. The van der Waals surface area contributed by atoms with Crippen molar-refractivity contribution < 1.29 is 4.79 Å². The summed E-state index contributed by atoms with van der Waals surface area (Å²) < 4.78 is 0. The van der Waals surface area contributed by atoms with Gasteiger partial charge in [0.15, 0.2) is 0 Å². The van der Waals surface area contributed by atoms with E-state index in [0.717, 1.165) is 19.3 Å². The molecule has 14 heavy (non-hydrogen) atoms. The average Bonchev–Trinajstić information content (AvgIpc) is 2.19. The van der Waals surface area contributed by atoms with E-state index in [2.05, 4.69) is 20.4 Å². The predicted molar refractivity (Wildman–Crippen MR) is 58.0 cm³/mol. The van der Waals surface area contributed by atoms with Crippen molar-refractivity contribution in [3.8, 4) is 0 Å². The molecule has 2 rings (SSSR count). The molecule has 0 amide bonds. The molecule has 78 valence electrons. The standard InChI is InChI=1S/C13H20O/c1-9-10-6-7-13(2,3)12(9)5-4-11(14)8-10/h10,12H,1,4-8H2,2-3H3. The summed E-state index contributed by atoms with van der Waals surface area (Å²) in [6, 6.07) is 0. The molecule has 2 unspecified atom stereocenters. The Morgan fingerprint density at radius 1 is 1.36 bits per heavy atom. The zero-order valence-corrected chi connectivity index (χ0v) is 9.31. The number of hydrogen-bond donors (Lipinski definition) is 0. The van der Waals surface area contributed by atoms with Crippen molar-refractivity contribution in [2.75, 3.05) is 0 Å². The monoisotopic (exact) mass is 192 g/mol. The van der Waals surface area contributed by atoms with Gasteiger partial charge in [-0.05, 0) is 36.5 Å². The molecule has 2 atom stereocenters. The van der Waals surface area contributed by atoms with Crippen LogP contribution in [0.15, 0.2) is 12.2 Å². The van der Waals surface area contributed by atoms with Crippen molar-refractivity contribution in [2.45, 2.75) is 46.0 Å². The maximum absolute atomic E-state index is 11.5. The number of carbonyl (C=O) groups excluding carboxylic acids is 1. The van der Waals surface area contributed by atoms with Crippen molar-refractivity contribution in [2.24, 2.45) is 17.3 Å². The molecule has 0 radical (unpaired) electrons. The Hall–Kier alpha value is -0.590. The molecule has 0 saturated heterocycles. The van der Waals surface area contributed by atoms with Crippen LogP contribution in [0.1, 0.15) is 46.0 Å². The van der Waals surface area contributed by atoms with Gasteiger partial charge in [0, 0.05) is 12.8 Å². The summed E-state index contributed by atoms with van der Waals surface area (Å²) in [5, 5.41) is 0. The summed E-state index contributed by atoms with van der Waals surface area (Å²) >= 11 is 0. The lowest BCUT2D eigenvalue weighted by Crippen LogP contribution is -2.32. The third-order valence-electron chi connectivity index (χ3n) is 4.24. The minimum absolute atomic E-state index is 0.373. The van der Waals surface area contributed by atoms with Crippen molar-refractivity contribution in [1.29, 1.82) is 0 Å². The summed E-state index contributed by atoms with van der Waals surface area (Å²) in [7, 11) is 0. The van der Waals surface area contributed by atoms with E-state index in [1.807, 2.05) is 0 Å². The van der Waals surface area contributed by atoms with E-state index in [0.29, 0.717) is 23.0 Å². The lowest BCUT2D eigenvalue weighted by Gasteiger charge is -2.42. The SMILES string of the molecule is C=C1C2CCC(C)(C)C1CCC(=O)C2. The van der Waals surface area contributed by atoms with Crippen LogP contribution in [-0.4, -0.2) is 5.78 Å². The van der Waals surface area contributed by atoms with Crippen molar-refractivity contribution in [3.63, 3.8) is 0 Å². The van der Waals surface area contributed by atoms with E-state index in [4.69, 9.17) is 0 Å².